The maximum Gasteiger partial charge on any atom is 0.223 e. The Morgan fingerprint density at radius 3 is 2.95 bits per heavy atom. The van der Waals surface area contributed by atoms with Crippen LogP contribution in [0.5, 0.6) is 11.5 Å². The summed E-state index contributed by atoms with van der Waals surface area (Å²) in [4.78, 5) is 12.0. The number of fused-ring (bicyclic) bond motifs is 1. The summed E-state index contributed by atoms with van der Waals surface area (Å²) in [5.74, 6) is 2.56. The van der Waals surface area contributed by atoms with Crippen molar-refractivity contribution in [2.45, 2.75) is 32.1 Å². The van der Waals surface area contributed by atoms with Crippen LogP contribution in [0.4, 0.5) is 0 Å². The molecule has 1 aliphatic heterocycles. The molecule has 0 bridgehead atoms. The number of hydrogen-bond acceptors (Lipinski definition) is 3. The van der Waals surface area contributed by atoms with Crippen molar-refractivity contribution in [3.63, 3.8) is 0 Å². The van der Waals surface area contributed by atoms with Gasteiger partial charge in [0.2, 0.25) is 5.91 Å². The van der Waals surface area contributed by atoms with Gasteiger partial charge in [0.1, 0.15) is 11.5 Å². The molecule has 1 N–H and O–H groups in total. The lowest BCUT2D eigenvalue weighted by molar-refractivity contribution is -0.125. The second kappa shape index (κ2) is 6.37. The summed E-state index contributed by atoms with van der Waals surface area (Å²) >= 11 is 0. The van der Waals surface area contributed by atoms with E-state index in [1.165, 1.54) is 18.4 Å². The highest BCUT2D eigenvalue weighted by atomic mass is 16.5. The molecule has 0 aromatic heterocycles. The third-order valence-electron chi connectivity index (χ3n) is 4.55. The fourth-order valence-corrected chi connectivity index (χ4v) is 3.25. The maximum absolute atomic E-state index is 12.0. The Balaban J connectivity index is 1.53. The fourth-order valence-electron chi connectivity index (χ4n) is 3.25. The first-order chi connectivity index (χ1) is 10.3. The molecule has 0 unspecified atom stereocenters. The van der Waals surface area contributed by atoms with E-state index in [1.54, 1.807) is 7.11 Å². The van der Waals surface area contributed by atoms with Gasteiger partial charge in [0.05, 0.1) is 13.7 Å². The van der Waals surface area contributed by atoms with Crippen molar-refractivity contribution in [3.8, 4) is 11.5 Å². The van der Waals surface area contributed by atoms with Crippen LogP contribution >= 0.6 is 0 Å². The van der Waals surface area contributed by atoms with Crippen molar-refractivity contribution in [1.29, 1.82) is 0 Å². The number of carbonyl (C=O) groups is 1. The summed E-state index contributed by atoms with van der Waals surface area (Å²) in [6.45, 7) is 1.37. The van der Waals surface area contributed by atoms with E-state index in [0.717, 1.165) is 30.8 Å². The van der Waals surface area contributed by atoms with E-state index in [1.807, 2.05) is 12.1 Å². The molecule has 114 valence electrons. The van der Waals surface area contributed by atoms with Crippen molar-refractivity contribution in [2.75, 3.05) is 20.3 Å². The minimum absolute atomic E-state index is 0.230. The van der Waals surface area contributed by atoms with Gasteiger partial charge in [-0.15, -0.1) is 0 Å². The predicted octanol–water partition coefficient (Wildman–Crippen LogP) is 2.55. The van der Waals surface area contributed by atoms with Crippen LogP contribution in [0.2, 0.25) is 0 Å². The molecule has 1 saturated carbocycles. The van der Waals surface area contributed by atoms with Crippen LogP contribution in [-0.4, -0.2) is 26.2 Å². The number of nitrogens with one attached hydrogen (secondary N) is 1. The number of benzene rings is 1. The molecule has 1 aliphatic carbocycles. The number of amides is 1. The van der Waals surface area contributed by atoms with E-state index < -0.39 is 0 Å². The Bertz CT molecular complexity index is 509. The first-order valence-electron chi connectivity index (χ1n) is 7.83. The molecule has 3 rings (SSSR count). The van der Waals surface area contributed by atoms with E-state index in [0.29, 0.717) is 19.1 Å². The second-order valence-corrected chi connectivity index (χ2v) is 6.08. The fraction of sp³-hybridized carbons (Fsp3) is 0.588. The lowest BCUT2D eigenvalue weighted by atomic mass is 9.96. The van der Waals surface area contributed by atoms with Gasteiger partial charge in [0, 0.05) is 24.4 Å². The van der Waals surface area contributed by atoms with E-state index >= 15 is 0 Å². The Morgan fingerprint density at radius 1 is 1.38 bits per heavy atom. The molecule has 1 atom stereocenters. The minimum Gasteiger partial charge on any atom is -0.497 e. The zero-order valence-corrected chi connectivity index (χ0v) is 12.6. The van der Waals surface area contributed by atoms with Crippen LogP contribution in [0.15, 0.2) is 18.2 Å². The van der Waals surface area contributed by atoms with Gasteiger partial charge in [-0.25, -0.2) is 0 Å². The van der Waals surface area contributed by atoms with Gasteiger partial charge in [0.15, 0.2) is 0 Å². The van der Waals surface area contributed by atoms with Crippen LogP contribution in [-0.2, 0) is 11.2 Å². The third kappa shape index (κ3) is 3.31. The van der Waals surface area contributed by atoms with Gasteiger partial charge in [-0.1, -0.05) is 18.9 Å². The molecule has 4 nitrogen and oxygen atoms in total. The monoisotopic (exact) mass is 289 g/mol. The van der Waals surface area contributed by atoms with Crippen molar-refractivity contribution >= 4 is 5.91 Å². The molecule has 4 heteroatoms. The summed E-state index contributed by atoms with van der Waals surface area (Å²) in [6.07, 6.45) is 5.44. The molecule has 0 spiro atoms. The van der Waals surface area contributed by atoms with Crippen molar-refractivity contribution in [1.82, 2.24) is 5.32 Å². The zero-order valence-electron chi connectivity index (χ0n) is 12.6. The summed E-state index contributed by atoms with van der Waals surface area (Å²) in [5, 5.41) is 3.10. The van der Waals surface area contributed by atoms with Gasteiger partial charge < -0.3 is 14.8 Å². The molecule has 1 aromatic rings. The minimum atomic E-state index is 0.230. The lowest BCUT2D eigenvalue weighted by Gasteiger charge is -2.26. The van der Waals surface area contributed by atoms with Crippen LogP contribution in [0.3, 0.4) is 0 Å². The van der Waals surface area contributed by atoms with E-state index in [9.17, 15) is 4.79 Å². The van der Waals surface area contributed by atoms with E-state index in [4.69, 9.17) is 9.47 Å². The molecule has 1 heterocycles. The summed E-state index contributed by atoms with van der Waals surface area (Å²) < 4.78 is 11.0. The van der Waals surface area contributed by atoms with Gasteiger partial charge in [0.25, 0.3) is 0 Å². The SMILES string of the molecule is COc1ccc2c(c1)OC[C@H](CNC(=O)C1CCCC1)C2. The number of rotatable bonds is 4. The van der Waals surface area contributed by atoms with Crippen LogP contribution in [0, 0.1) is 11.8 Å². The van der Waals surface area contributed by atoms with Crippen molar-refractivity contribution in [2.24, 2.45) is 11.8 Å². The smallest absolute Gasteiger partial charge is 0.223 e. The average Bonchev–Trinajstić information content (AvgIpc) is 3.06. The lowest BCUT2D eigenvalue weighted by Crippen LogP contribution is -2.37. The molecule has 0 saturated heterocycles. The van der Waals surface area contributed by atoms with Gasteiger partial charge in [-0.05, 0) is 30.9 Å². The van der Waals surface area contributed by atoms with Crippen LogP contribution in [0.1, 0.15) is 31.2 Å². The van der Waals surface area contributed by atoms with E-state index in [2.05, 4.69) is 11.4 Å². The molecular weight excluding hydrogens is 266 g/mol. The Labute approximate surface area is 125 Å². The Kier molecular flexibility index (Phi) is 4.32. The largest absolute Gasteiger partial charge is 0.497 e. The molecule has 1 amide bonds. The number of methoxy groups -OCH3 is 1. The number of carbonyl (C=O) groups excluding carboxylic acids is 1. The maximum atomic E-state index is 12.0. The standard InChI is InChI=1S/C17H23NO3/c1-20-15-7-6-14-8-12(11-21-16(14)9-15)10-18-17(19)13-4-2-3-5-13/h6-7,9,12-13H,2-5,8,10-11H2,1H3,(H,18,19)/t12-/m0/s1. The van der Waals surface area contributed by atoms with Crippen molar-refractivity contribution in [3.05, 3.63) is 23.8 Å². The highest BCUT2D eigenvalue weighted by Gasteiger charge is 2.25. The van der Waals surface area contributed by atoms with Gasteiger partial charge in [-0.2, -0.15) is 0 Å². The predicted molar refractivity (Wildman–Crippen MR) is 80.7 cm³/mol. The third-order valence-corrected chi connectivity index (χ3v) is 4.55. The van der Waals surface area contributed by atoms with Gasteiger partial charge in [-0.3, -0.25) is 4.79 Å². The summed E-state index contributed by atoms with van der Waals surface area (Å²) in [7, 11) is 1.66. The van der Waals surface area contributed by atoms with Crippen LogP contribution in [0.25, 0.3) is 0 Å². The summed E-state index contributed by atoms with van der Waals surface area (Å²) in [5.41, 5.74) is 1.20. The normalized spacial score (nSPS) is 21.5. The molecule has 2 aliphatic rings. The Morgan fingerprint density at radius 2 is 2.19 bits per heavy atom. The van der Waals surface area contributed by atoms with E-state index in [-0.39, 0.29) is 11.8 Å². The molecule has 1 aromatic carbocycles. The number of hydrogen-bond donors (Lipinski definition) is 1. The van der Waals surface area contributed by atoms with Crippen molar-refractivity contribution < 1.29 is 14.3 Å². The average molecular weight is 289 g/mol. The number of ether oxygens (including phenoxy) is 2. The second-order valence-electron chi connectivity index (χ2n) is 6.08. The Hall–Kier alpha value is -1.71. The molecule has 21 heavy (non-hydrogen) atoms. The highest BCUT2D eigenvalue weighted by Crippen LogP contribution is 2.31. The first-order valence-corrected chi connectivity index (χ1v) is 7.83. The highest BCUT2D eigenvalue weighted by molar-refractivity contribution is 5.78. The quantitative estimate of drug-likeness (QED) is 0.926. The van der Waals surface area contributed by atoms with Crippen LogP contribution < -0.4 is 14.8 Å². The molecule has 0 radical (unpaired) electrons. The van der Waals surface area contributed by atoms with Gasteiger partial charge >= 0.3 is 0 Å². The molecular formula is C17H23NO3. The summed E-state index contributed by atoms with van der Waals surface area (Å²) in [6, 6.07) is 5.95. The zero-order chi connectivity index (χ0) is 14.7. The topological polar surface area (TPSA) is 47.6 Å². The first kappa shape index (κ1) is 14.2. The molecule has 1 fully saturated rings.